The number of nitrogens with zero attached hydrogens (tertiary/aromatic N) is 1. The van der Waals surface area contributed by atoms with E-state index in [1.807, 2.05) is 53.2 Å². The predicted molar refractivity (Wildman–Crippen MR) is 131 cm³/mol. The average Bonchev–Trinajstić information content (AvgIpc) is 3.38. The topological polar surface area (TPSA) is 117 Å². The van der Waals surface area contributed by atoms with E-state index in [4.69, 9.17) is 16.3 Å². The van der Waals surface area contributed by atoms with Gasteiger partial charge in [-0.3, -0.25) is 14.6 Å². The molecule has 0 amide bonds. The number of ether oxygens (including phenoxy) is 1. The van der Waals surface area contributed by atoms with Crippen LogP contribution in [0.2, 0.25) is 5.02 Å². The van der Waals surface area contributed by atoms with Gasteiger partial charge in [0, 0.05) is 16.5 Å². The Morgan fingerprint density at radius 1 is 1.15 bits per heavy atom. The Bertz CT molecular complexity index is 1270. The van der Waals surface area contributed by atoms with E-state index in [9.17, 15) is 9.90 Å². The molecule has 5 N–H and O–H groups in total. The van der Waals surface area contributed by atoms with Crippen LogP contribution in [0.1, 0.15) is 17.2 Å². The average molecular weight is 502 g/mol. The van der Waals surface area contributed by atoms with Crippen molar-refractivity contribution in [1.29, 1.82) is 0 Å². The summed E-state index contributed by atoms with van der Waals surface area (Å²) in [7, 11) is 0. The molecule has 7 nitrogen and oxygen atoms in total. The summed E-state index contributed by atoms with van der Waals surface area (Å²) < 4.78 is 6.62. The predicted octanol–water partition coefficient (Wildman–Crippen LogP) is 4.73. The second kappa shape index (κ2) is 10.1. The van der Waals surface area contributed by atoms with Crippen molar-refractivity contribution < 1.29 is 9.84 Å². The van der Waals surface area contributed by atoms with Crippen molar-refractivity contribution in [1.82, 2.24) is 15.9 Å². The molecule has 0 saturated carbocycles. The van der Waals surface area contributed by atoms with Gasteiger partial charge in [0.15, 0.2) is 0 Å². The molecule has 3 heterocycles. The zero-order valence-electron chi connectivity index (χ0n) is 17.5. The van der Waals surface area contributed by atoms with Gasteiger partial charge in [-0.15, -0.1) is 0 Å². The smallest absolute Gasteiger partial charge is 0.277 e. The zero-order chi connectivity index (χ0) is 22.1. The van der Waals surface area contributed by atoms with Crippen molar-refractivity contribution in [3.05, 3.63) is 91.9 Å². The van der Waals surface area contributed by atoms with Crippen molar-refractivity contribution in [2.24, 2.45) is 0 Å². The van der Waals surface area contributed by atoms with Crippen molar-refractivity contribution in [2.45, 2.75) is 21.9 Å². The summed E-state index contributed by atoms with van der Waals surface area (Å²) in [5.74, 6) is -0.370. The van der Waals surface area contributed by atoms with E-state index in [1.165, 1.54) is 4.68 Å². The van der Waals surface area contributed by atoms with Crippen LogP contribution in [0.3, 0.4) is 0 Å². The Balaban J connectivity index is 0.00000259. The minimum absolute atomic E-state index is 0. The molecule has 1 aliphatic rings. The zero-order valence-corrected chi connectivity index (χ0v) is 19.9. The van der Waals surface area contributed by atoms with Crippen LogP contribution in [0.4, 0.5) is 5.69 Å². The van der Waals surface area contributed by atoms with Crippen LogP contribution in [0.15, 0.2) is 79.9 Å². The second-order valence-electron chi connectivity index (χ2n) is 7.44. The SMILES string of the molecule is N.O=c1[nH]n(C(c2ccc(NC3COC3)cc2)c2ccsc2)c([O-])c1Sc1ccccc1Cl. The Labute approximate surface area is 203 Å². The molecule has 1 unspecified atom stereocenters. The van der Waals surface area contributed by atoms with E-state index >= 15 is 0 Å². The Kier molecular flexibility index (Phi) is 7.16. The van der Waals surface area contributed by atoms with Gasteiger partial charge in [0.05, 0.1) is 35.2 Å². The minimum Gasteiger partial charge on any atom is -0.858 e. The van der Waals surface area contributed by atoms with Crippen LogP contribution >= 0.6 is 34.7 Å². The van der Waals surface area contributed by atoms with Crippen LogP contribution in [-0.4, -0.2) is 29.0 Å². The third-order valence-electron chi connectivity index (χ3n) is 5.24. The first-order valence-electron chi connectivity index (χ1n) is 10.0. The van der Waals surface area contributed by atoms with Gasteiger partial charge in [0.1, 0.15) is 0 Å². The maximum atomic E-state index is 13.3. The van der Waals surface area contributed by atoms with Gasteiger partial charge in [-0.1, -0.05) is 47.6 Å². The number of nitrogens with one attached hydrogen (secondary N) is 2. The summed E-state index contributed by atoms with van der Waals surface area (Å²) in [4.78, 5) is 13.5. The highest BCUT2D eigenvalue weighted by Crippen LogP contribution is 2.38. The molecule has 2 aromatic carbocycles. The van der Waals surface area contributed by atoms with Crippen LogP contribution in [0.25, 0.3) is 0 Å². The van der Waals surface area contributed by atoms with Gasteiger partial charge in [-0.05, 0) is 52.2 Å². The quantitative estimate of drug-likeness (QED) is 0.337. The van der Waals surface area contributed by atoms with Crippen molar-refractivity contribution in [3.63, 3.8) is 0 Å². The van der Waals surface area contributed by atoms with Gasteiger partial charge in [0.2, 0.25) is 0 Å². The highest BCUT2D eigenvalue weighted by Gasteiger charge is 2.22. The number of aromatic amines is 1. The van der Waals surface area contributed by atoms with E-state index in [0.29, 0.717) is 29.2 Å². The molecule has 4 aromatic rings. The molecule has 0 aliphatic carbocycles. The summed E-state index contributed by atoms with van der Waals surface area (Å²) >= 11 is 8.87. The van der Waals surface area contributed by atoms with Crippen molar-refractivity contribution in [3.8, 4) is 5.88 Å². The molecule has 10 heteroatoms. The molecule has 1 atom stereocenters. The monoisotopic (exact) mass is 501 g/mol. The van der Waals surface area contributed by atoms with Crippen molar-refractivity contribution in [2.75, 3.05) is 18.5 Å². The normalized spacial score (nSPS) is 14.3. The van der Waals surface area contributed by atoms with E-state index < -0.39 is 11.6 Å². The van der Waals surface area contributed by atoms with Gasteiger partial charge in [0.25, 0.3) is 5.56 Å². The molecule has 5 rings (SSSR count). The molecule has 1 aliphatic heterocycles. The summed E-state index contributed by atoms with van der Waals surface area (Å²) in [6.07, 6.45) is 0. The lowest BCUT2D eigenvalue weighted by Crippen LogP contribution is -2.40. The van der Waals surface area contributed by atoms with Gasteiger partial charge in [-0.25, -0.2) is 0 Å². The summed E-state index contributed by atoms with van der Waals surface area (Å²) in [5.41, 5.74) is 2.39. The number of halogens is 1. The van der Waals surface area contributed by atoms with Crippen LogP contribution in [0, 0.1) is 0 Å². The Morgan fingerprint density at radius 3 is 2.55 bits per heavy atom. The lowest BCUT2D eigenvalue weighted by molar-refractivity contribution is -0.284. The molecule has 1 fully saturated rings. The molecular formula is C23H22ClN4O3S2-. The lowest BCUT2D eigenvalue weighted by atomic mass is 10.0. The molecule has 2 aromatic heterocycles. The van der Waals surface area contributed by atoms with Gasteiger partial charge < -0.3 is 21.3 Å². The molecule has 0 spiro atoms. The number of thiophene rings is 1. The molecule has 0 radical (unpaired) electrons. The molecular weight excluding hydrogens is 480 g/mol. The summed E-state index contributed by atoms with van der Waals surface area (Å²) in [5, 5.41) is 23.9. The van der Waals surface area contributed by atoms with E-state index in [0.717, 1.165) is 28.6 Å². The third kappa shape index (κ3) is 4.83. The highest BCUT2D eigenvalue weighted by molar-refractivity contribution is 7.99. The number of benzene rings is 2. The number of H-pyrrole nitrogens is 1. The fourth-order valence-corrected chi connectivity index (χ4v) is 5.35. The van der Waals surface area contributed by atoms with Gasteiger partial charge >= 0.3 is 0 Å². The first kappa shape index (κ1) is 23.5. The highest BCUT2D eigenvalue weighted by atomic mass is 35.5. The summed E-state index contributed by atoms with van der Waals surface area (Å²) in [6.45, 7) is 1.41. The second-order valence-corrected chi connectivity index (χ2v) is 9.68. The fourth-order valence-electron chi connectivity index (χ4n) is 3.56. The van der Waals surface area contributed by atoms with Crippen molar-refractivity contribution >= 4 is 40.4 Å². The number of hydrogen-bond acceptors (Lipinski definition) is 7. The number of rotatable bonds is 7. The van der Waals surface area contributed by atoms with E-state index in [2.05, 4.69) is 10.4 Å². The number of aromatic nitrogens is 2. The van der Waals surface area contributed by atoms with Crippen LogP contribution in [0.5, 0.6) is 5.88 Å². The molecule has 1 saturated heterocycles. The molecule has 172 valence electrons. The van der Waals surface area contributed by atoms with Crippen LogP contribution < -0.4 is 22.1 Å². The first-order chi connectivity index (χ1) is 15.6. The lowest BCUT2D eigenvalue weighted by Gasteiger charge is -2.28. The standard InChI is InChI=1S/C23H20ClN3O3S2.H3N/c24-18-3-1-2-4-19(18)32-21-22(28)26-27(23(21)29)20(15-9-10-31-13-15)14-5-7-16(8-6-14)25-17-11-30-12-17;/h1-10,13,17,20,25,29H,11-12H2,(H,26,28);1H3/p-1. The minimum atomic E-state index is -0.442. The Hall–Kier alpha value is -2.69. The Morgan fingerprint density at radius 2 is 1.91 bits per heavy atom. The maximum Gasteiger partial charge on any atom is 0.277 e. The van der Waals surface area contributed by atoms with Crippen LogP contribution in [-0.2, 0) is 4.74 Å². The number of anilines is 1. The summed E-state index contributed by atoms with van der Waals surface area (Å²) in [6, 6.07) is 16.9. The molecule has 0 bridgehead atoms. The first-order valence-corrected chi connectivity index (χ1v) is 12.1. The molecule has 33 heavy (non-hydrogen) atoms. The third-order valence-corrected chi connectivity index (χ3v) is 7.53. The number of hydrogen-bond donors (Lipinski definition) is 3. The van der Waals surface area contributed by atoms with Gasteiger partial charge in [-0.2, -0.15) is 11.3 Å². The maximum absolute atomic E-state index is 13.3. The van der Waals surface area contributed by atoms with E-state index in [1.54, 1.807) is 23.5 Å². The fraction of sp³-hybridized carbons (Fsp3) is 0.174. The van der Waals surface area contributed by atoms with E-state index in [-0.39, 0.29) is 16.9 Å². The largest absolute Gasteiger partial charge is 0.858 e.